The van der Waals surface area contributed by atoms with Crippen molar-refractivity contribution in [1.29, 1.82) is 0 Å². The highest BCUT2D eigenvalue weighted by molar-refractivity contribution is 9.10. The van der Waals surface area contributed by atoms with Gasteiger partial charge in [-0.1, -0.05) is 22.0 Å². The van der Waals surface area contributed by atoms with Crippen molar-refractivity contribution in [1.82, 2.24) is 9.78 Å². The van der Waals surface area contributed by atoms with Crippen molar-refractivity contribution in [2.75, 3.05) is 13.2 Å². The fourth-order valence-electron chi connectivity index (χ4n) is 2.05. The zero-order chi connectivity index (χ0) is 16.8. The SMILES string of the molecule is O=C(OCCOc1cccc(Br)c1)c1ccc(Cn2cccn2)o1. The third-order valence-electron chi connectivity index (χ3n) is 3.12. The van der Waals surface area contributed by atoms with Gasteiger partial charge in [-0.25, -0.2) is 4.79 Å². The fourth-order valence-corrected chi connectivity index (χ4v) is 2.43. The molecule has 0 saturated heterocycles. The lowest BCUT2D eigenvalue weighted by Gasteiger charge is -2.06. The summed E-state index contributed by atoms with van der Waals surface area (Å²) in [6, 6.07) is 12.6. The Kier molecular flexibility index (Phi) is 5.32. The van der Waals surface area contributed by atoms with E-state index in [2.05, 4.69) is 21.0 Å². The normalized spacial score (nSPS) is 10.5. The van der Waals surface area contributed by atoms with Crippen molar-refractivity contribution in [2.45, 2.75) is 6.54 Å². The Morgan fingerprint density at radius 1 is 1.21 bits per heavy atom. The van der Waals surface area contributed by atoms with E-state index in [4.69, 9.17) is 13.9 Å². The molecule has 124 valence electrons. The van der Waals surface area contributed by atoms with Crippen molar-refractivity contribution < 1.29 is 18.7 Å². The van der Waals surface area contributed by atoms with Crippen LogP contribution < -0.4 is 4.74 Å². The van der Waals surface area contributed by atoms with Gasteiger partial charge in [-0.05, 0) is 36.4 Å². The molecule has 0 fully saturated rings. The summed E-state index contributed by atoms with van der Waals surface area (Å²) in [4.78, 5) is 11.9. The monoisotopic (exact) mass is 390 g/mol. The van der Waals surface area contributed by atoms with Crippen molar-refractivity contribution in [3.05, 3.63) is 70.9 Å². The van der Waals surface area contributed by atoms with Gasteiger partial charge >= 0.3 is 5.97 Å². The van der Waals surface area contributed by atoms with Gasteiger partial charge in [0.05, 0.1) is 6.54 Å². The number of nitrogens with zero attached hydrogens (tertiary/aromatic N) is 2. The quantitative estimate of drug-likeness (QED) is 0.456. The number of furan rings is 1. The number of hydrogen-bond donors (Lipinski definition) is 0. The van der Waals surface area contributed by atoms with Crippen molar-refractivity contribution in [2.24, 2.45) is 0 Å². The van der Waals surface area contributed by atoms with Crippen molar-refractivity contribution >= 4 is 21.9 Å². The molecule has 0 N–H and O–H groups in total. The lowest BCUT2D eigenvalue weighted by Crippen LogP contribution is -2.11. The molecule has 2 aromatic heterocycles. The van der Waals surface area contributed by atoms with Gasteiger partial charge in [0.1, 0.15) is 24.7 Å². The van der Waals surface area contributed by atoms with Gasteiger partial charge in [0, 0.05) is 16.9 Å². The minimum Gasteiger partial charge on any atom is -0.490 e. The third kappa shape index (κ3) is 4.48. The maximum Gasteiger partial charge on any atom is 0.374 e. The predicted molar refractivity (Wildman–Crippen MR) is 90.0 cm³/mol. The van der Waals surface area contributed by atoms with E-state index in [1.165, 1.54) is 0 Å². The van der Waals surface area contributed by atoms with Crippen LogP contribution in [0.3, 0.4) is 0 Å². The Bertz CT molecular complexity index is 799. The zero-order valence-corrected chi connectivity index (χ0v) is 14.3. The standard InChI is InChI=1S/C17H15BrN2O4/c18-13-3-1-4-14(11-13)22-9-10-23-17(21)16-6-5-15(24-16)12-20-8-2-7-19-20/h1-8,11H,9-10,12H2. The average Bonchev–Trinajstić information content (AvgIpc) is 3.24. The largest absolute Gasteiger partial charge is 0.490 e. The first-order valence-electron chi connectivity index (χ1n) is 7.32. The average molecular weight is 391 g/mol. The number of aromatic nitrogens is 2. The number of ether oxygens (including phenoxy) is 2. The lowest BCUT2D eigenvalue weighted by atomic mass is 10.3. The van der Waals surface area contributed by atoms with E-state index in [9.17, 15) is 4.79 Å². The van der Waals surface area contributed by atoms with Gasteiger partial charge in [-0.2, -0.15) is 5.10 Å². The smallest absolute Gasteiger partial charge is 0.374 e. The molecule has 24 heavy (non-hydrogen) atoms. The topological polar surface area (TPSA) is 66.5 Å². The highest BCUT2D eigenvalue weighted by Crippen LogP contribution is 2.17. The first-order valence-corrected chi connectivity index (χ1v) is 8.11. The first kappa shape index (κ1) is 16.3. The molecule has 0 radical (unpaired) electrons. The fraction of sp³-hybridized carbons (Fsp3) is 0.176. The van der Waals surface area contributed by atoms with E-state index in [0.29, 0.717) is 18.1 Å². The van der Waals surface area contributed by atoms with Gasteiger partial charge in [0.25, 0.3) is 0 Å². The van der Waals surface area contributed by atoms with Gasteiger partial charge in [-0.15, -0.1) is 0 Å². The molecule has 6 nitrogen and oxygen atoms in total. The second-order valence-electron chi connectivity index (χ2n) is 4.91. The van der Waals surface area contributed by atoms with Crippen LogP contribution in [-0.4, -0.2) is 29.0 Å². The Hall–Kier alpha value is -2.54. The van der Waals surface area contributed by atoms with Crippen LogP contribution >= 0.6 is 15.9 Å². The second-order valence-corrected chi connectivity index (χ2v) is 5.83. The van der Waals surface area contributed by atoms with E-state index in [0.717, 1.165) is 4.47 Å². The second kappa shape index (κ2) is 7.83. The molecule has 0 bridgehead atoms. The van der Waals surface area contributed by atoms with E-state index in [1.807, 2.05) is 36.5 Å². The molecular formula is C17H15BrN2O4. The highest BCUT2D eigenvalue weighted by atomic mass is 79.9. The van der Waals surface area contributed by atoms with E-state index in [1.54, 1.807) is 23.0 Å². The van der Waals surface area contributed by atoms with Gasteiger partial charge in [0.2, 0.25) is 5.76 Å². The molecule has 1 aromatic carbocycles. The number of benzene rings is 1. The van der Waals surface area contributed by atoms with Crippen LogP contribution in [0.2, 0.25) is 0 Å². The molecule has 0 saturated carbocycles. The molecule has 3 rings (SSSR count). The van der Waals surface area contributed by atoms with Gasteiger partial charge in [0.15, 0.2) is 0 Å². The first-order chi connectivity index (χ1) is 11.7. The minimum atomic E-state index is -0.514. The number of halogens is 1. The Labute approximate surface area is 147 Å². The van der Waals surface area contributed by atoms with Crippen LogP contribution in [0.4, 0.5) is 0 Å². The number of esters is 1. The molecule has 7 heteroatoms. The van der Waals surface area contributed by atoms with Crippen LogP contribution in [0.25, 0.3) is 0 Å². The van der Waals surface area contributed by atoms with Crippen LogP contribution in [0.5, 0.6) is 5.75 Å². The van der Waals surface area contributed by atoms with Crippen LogP contribution in [0.1, 0.15) is 16.3 Å². The minimum absolute atomic E-state index is 0.139. The molecular weight excluding hydrogens is 376 g/mol. The van der Waals surface area contributed by atoms with Gasteiger partial charge < -0.3 is 13.9 Å². The molecule has 0 amide bonds. The van der Waals surface area contributed by atoms with Crippen LogP contribution in [-0.2, 0) is 11.3 Å². The summed E-state index contributed by atoms with van der Waals surface area (Å²) in [5.74, 6) is 0.995. The predicted octanol–water partition coefficient (Wildman–Crippen LogP) is 3.52. The lowest BCUT2D eigenvalue weighted by molar-refractivity contribution is 0.0413. The summed E-state index contributed by atoms with van der Waals surface area (Å²) in [5.41, 5.74) is 0. The summed E-state index contributed by atoms with van der Waals surface area (Å²) in [6.07, 6.45) is 3.50. The number of carbonyl (C=O) groups is 1. The molecule has 0 spiro atoms. The van der Waals surface area contributed by atoms with Crippen molar-refractivity contribution in [3.63, 3.8) is 0 Å². The van der Waals surface area contributed by atoms with Gasteiger partial charge in [-0.3, -0.25) is 4.68 Å². The molecule has 0 atom stereocenters. The maximum absolute atomic E-state index is 11.9. The van der Waals surface area contributed by atoms with E-state index in [-0.39, 0.29) is 19.0 Å². The zero-order valence-electron chi connectivity index (χ0n) is 12.7. The molecule has 0 aliphatic rings. The number of hydrogen-bond acceptors (Lipinski definition) is 5. The van der Waals surface area contributed by atoms with E-state index >= 15 is 0 Å². The Balaban J connectivity index is 1.44. The summed E-state index contributed by atoms with van der Waals surface area (Å²) < 4.78 is 18.7. The van der Waals surface area contributed by atoms with E-state index < -0.39 is 5.97 Å². The Morgan fingerprint density at radius 2 is 2.12 bits per heavy atom. The Morgan fingerprint density at radius 3 is 2.92 bits per heavy atom. The number of carbonyl (C=O) groups excluding carboxylic acids is 1. The van der Waals surface area contributed by atoms with Crippen LogP contribution in [0.15, 0.2) is 63.7 Å². The third-order valence-corrected chi connectivity index (χ3v) is 3.61. The molecule has 0 aliphatic heterocycles. The van der Waals surface area contributed by atoms with Crippen LogP contribution in [0, 0.1) is 0 Å². The summed E-state index contributed by atoms with van der Waals surface area (Å²) >= 11 is 3.36. The molecule has 3 aromatic rings. The molecule has 0 aliphatic carbocycles. The summed E-state index contributed by atoms with van der Waals surface area (Å²) in [7, 11) is 0. The molecule has 0 unspecified atom stereocenters. The molecule has 2 heterocycles. The highest BCUT2D eigenvalue weighted by Gasteiger charge is 2.13. The van der Waals surface area contributed by atoms with Crippen molar-refractivity contribution in [3.8, 4) is 5.75 Å². The number of rotatable bonds is 7. The maximum atomic E-state index is 11.9. The summed E-state index contributed by atoms with van der Waals surface area (Å²) in [6.45, 7) is 0.871. The summed E-state index contributed by atoms with van der Waals surface area (Å²) in [5, 5.41) is 4.08.